The van der Waals surface area contributed by atoms with Gasteiger partial charge in [-0.3, -0.25) is 9.71 Å². The van der Waals surface area contributed by atoms with Crippen LogP contribution in [0.4, 0.5) is 0 Å². The molecule has 0 bridgehead atoms. The Hall–Kier alpha value is -1.89. The van der Waals surface area contributed by atoms with Crippen LogP contribution in [0.5, 0.6) is 0 Å². The number of hydrogen-bond acceptors (Lipinski definition) is 4. The molecule has 1 aliphatic rings. The summed E-state index contributed by atoms with van der Waals surface area (Å²) in [6.45, 7) is 3.64. The number of nitrogens with one attached hydrogen (secondary N) is 1. The Bertz CT molecular complexity index is 667. The second kappa shape index (κ2) is 5.24. The monoisotopic (exact) mass is 296 g/mol. The number of nitrogens with zero attached hydrogens (tertiary/aromatic N) is 1. The predicted molar refractivity (Wildman–Crippen MR) is 74.2 cm³/mol. The van der Waals surface area contributed by atoms with Gasteiger partial charge < -0.3 is 5.11 Å². The molecule has 0 unspecified atom stereocenters. The van der Waals surface area contributed by atoms with Crippen LogP contribution in [-0.4, -0.2) is 31.4 Å². The number of aliphatic imine (C=N–C) groups is 1. The fraction of sp³-hybridized carbons (Fsp3) is 0.385. The number of carboxylic acid groups (broad SMARTS) is 1. The zero-order valence-corrected chi connectivity index (χ0v) is 12.0. The molecular weight excluding hydrogens is 280 g/mol. The molecule has 0 saturated carbocycles. The van der Waals surface area contributed by atoms with Crippen molar-refractivity contribution in [2.45, 2.75) is 31.2 Å². The molecule has 2 N–H and O–H groups in total. The van der Waals surface area contributed by atoms with E-state index in [2.05, 4.69) is 9.71 Å². The van der Waals surface area contributed by atoms with Gasteiger partial charge in [0, 0.05) is 5.56 Å². The third-order valence-electron chi connectivity index (χ3n) is 3.37. The van der Waals surface area contributed by atoms with Crippen LogP contribution < -0.4 is 4.72 Å². The van der Waals surface area contributed by atoms with E-state index in [9.17, 15) is 18.3 Å². The third-order valence-corrected chi connectivity index (χ3v) is 4.76. The van der Waals surface area contributed by atoms with Crippen molar-refractivity contribution in [2.24, 2.45) is 10.9 Å². The maximum Gasteiger partial charge on any atom is 0.328 e. The van der Waals surface area contributed by atoms with Crippen molar-refractivity contribution in [3.63, 3.8) is 0 Å². The highest BCUT2D eigenvalue weighted by atomic mass is 32.2. The Morgan fingerprint density at radius 2 is 2.05 bits per heavy atom. The van der Waals surface area contributed by atoms with Gasteiger partial charge in [-0.05, 0) is 18.1 Å². The molecule has 1 aromatic rings. The van der Waals surface area contributed by atoms with Crippen LogP contribution in [0.25, 0.3) is 0 Å². The quantitative estimate of drug-likeness (QED) is 0.873. The zero-order valence-electron chi connectivity index (χ0n) is 11.2. The van der Waals surface area contributed by atoms with Crippen LogP contribution in [0, 0.1) is 5.92 Å². The number of aliphatic carboxylic acids is 1. The molecule has 2 rings (SSSR count). The van der Waals surface area contributed by atoms with Crippen LogP contribution in [-0.2, 0) is 14.8 Å². The Labute approximate surface area is 117 Å². The molecule has 6 nitrogen and oxygen atoms in total. The van der Waals surface area contributed by atoms with Gasteiger partial charge in [-0.25, -0.2) is 13.2 Å². The summed E-state index contributed by atoms with van der Waals surface area (Å²) >= 11 is 0. The highest BCUT2D eigenvalue weighted by molar-refractivity contribution is 7.90. The van der Waals surface area contributed by atoms with Crippen LogP contribution >= 0.6 is 0 Å². The standard InChI is InChI=1S/C13H16N2O4S/c1-3-8(2)11(13(16)17)14-12-9-6-4-5-7-10(9)20(18,19)15-12/h4-8,11H,3H2,1-2H3,(H,14,15)(H,16,17)/t8-,11-/m0/s1. The summed E-state index contributed by atoms with van der Waals surface area (Å²) in [7, 11) is -3.63. The van der Waals surface area contributed by atoms with E-state index in [0.29, 0.717) is 12.0 Å². The number of amidine groups is 1. The van der Waals surface area contributed by atoms with Crippen molar-refractivity contribution >= 4 is 21.8 Å². The number of sulfonamides is 1. The topological polar surface area (TPSA) is 95.8 Å². The van der Waals surface area contributed by atoms with Gasteiger partial charge in [0.05, 0.1) is 4.90 Å². The summed E-state index contributed by atoms with van der Waals surface area (Å²) in [5, 5.41) is 9.23. The largest absolute Gasteiger partial charge is 0.480 e. The van der Waals surface area contributed by atoms with Crippen molar-refractivity contribution in [1.29, 1.82) is 0 Å². The molecule has 20 heavy (non-hydrogen) atoms. The molecule has 2 atom stereocenters. The van der Waals surface area contributed by atoms with Gasteiger partial charge in [0.25, 0.3) is 10.0 Å². The Morgan fingerprint density at radius 1 is 1.40 bits per heavy atom. The smallest absolute Gasteiger partial charge is 0.328 e. The number of carbonyl (C=O) groups is 1. The summed E-state index contributed by atoms with van der Waals surface area (Å²) in [5.74, 6) is -1.14. The fourth-order valence-electron chi connectivity index (χ4n) is 2.02. The molecule has 1 aliphatic heterocycles. The molecule has 108 valence electrons. The highest BCUT2D eigenvalue weighted by Crippen LogP contribution is 2.23. The molecule has 1 aromatic carbocycles. The number of rotatable bonds is 4. The minimum absolute atomic E-state index is 0.105. The number of hydrogen-bond donors (Lipinski definition) is 2. The van der Waals surface area contributed by atoms with E-state index in [1.54, 1.807) is 25.1 Å². The first-order chi connectivity index (χ1) is 9.36. The summed E-state index contributed by atoms with van der Waals surface area (Å²) in [4.78, 5) is 15.5. The fourth-order valence-corrected chi connectivity index (χ4v) is 3.26. The molecule has 0 saturated heterocycles. The lowest BCUT2D eigenvalue weighted by Gasteiger charge is -2.15. The zero-order chi connectivity index (χ0) is 14.9. The van der Waals surface area contributed by atoms with Gasteiger partial charge in [-0.2, -0.15) is 0 Å². The molecule has 0 spiro atoms. The molecule has 0 aromatic heterocycles. The lowest BCUT2D eigenvalue weighted by atomic mass is 10.00. The van der Waals surface area contributed by atoms with Gasteiger partial charge in [-0.1, -0.05) is 32.4 Å². The van der Waals surface area contributed by atoms with Gasteiger partial charge in [0.2, 0.25) is 0 Å². The van der Waals surface area contributed by atoms with Crippen LogP contribution in [0.3, 0.4) is 0 Å². The average Bonchev–Trinajstić information content (AvgIpc) is 2.67. The van der Waals surface area contributed by atoms with E-state index in [1.165, 1.54) is 6.07 Å². The third kappa shape index (κ3) is 2.53. The van der Waals surface area contributed by atoms with Crippen molar-refractivity contribution in [1.82, 2.24) is 4.72 Å². The van der Waals surface area contributed by atoms with Crippen LogP contribution in [0.15, 0.2) is 34.2 Å². The van der Waals surface area contributed by atoms with Gasteiger partial charge in [0.15, 0.2) is 6.04 Å². The Balaban J connectivity index is 2.49. The molecule has 0 radical (unpaired) electrons. The molecule has 0 fully saturated rings. The summed E-state index contributed by atoms with van der Waals surface area (Å²) in [5.41, 5.74) is 0.419. The SMILES string of the molecule is CC[C@H](C)[C@H](N=C1NS(=O)(=O)c2ccccc21)C(=O)O. The lowest BCUT2D eigenvalue weighted by molar-refractivity contribution is -0.139. The molecular formula is C13H16N2O4S. The van der Waals surface area contributed by atoms with E-state index in [1.807, 2.05) is 6.92 Å². The van der Waals surface area contributed by atoms with Crippen molar-refractivity contribution < 1.29 is 18.3 Å². The molecule has 7 heteroatoms. The maximum absolute atomic E-state index is 11.9. The first kappa shape index (κ1) is 14.5. The van der Waals surface area contributed by atoms with E-state index < -0.39 is 22.0 Å². The second-order valence-electron chi connectivity index (χ2n) is 4.75. The van der Waals surface area contributed by atoms with E-state index >= 15 is 0 Å². The number of carboxylic acids is 1. The first-order valence-electron chi connectivity index (χ1n) is 6.29. The predicted octanol–water partition coefficient (Wildman–Crippen LogP) is 1.22. The molecule has 1 heterocycles. The Kier molecular flexibility index (Phi) is 3.80. The minimum atomic E-state index is -3.63. The van der Waals surface area contributed by atoms with Crippen molar-refractivity contribution in [3.05, 3.63) is 29.8 Å². The van der Waals surface area contributed by atoms with Crippen molar-refractivity contribution in [3.8, 4) is 0 Å². The van der Waals surface area contributed by atoms with Gasteiger partial charge >= 0.3 is 5.97 Å². The average molecular weight is 296 g/mol. The second-order valence-corrected chi connectivity index (χ2v) is 6.40. The molecule has 0 aliphatic carbocycles. The minimum Gasteiger partial charge on any atom is -0.480 e. The first-order valence-corrected chi connectivity index (χ1v) is 7.78. The normalized spacial score (nSPS) is 21.0. The van der Waals surface area contributed by atoms with Crippen LogP contribution in [0.1, 0.15) is 25.8 Å². The van der Waals surface area contributed by atoms with E-state index in [0.717, 1.165) is 0 Å². The number of fused-ring (bicyclic) bond motifs is 1. The van der Waals surface area contributed by atoms with Gasteiger partial charge in [0.1, 0.15) is 5.84 Å². The van der Waals surface area contributed by atoms with E-state index in [-0.39, 0.29) is 16.6 Å². The van der Waals surface area contributed by atoms with Gasteiger partial charge in [-0.15, -0.1) is 0 Å². The lowest BCUT2D eigenvalue weighted by Crippen LogP contribution is -2.30. The number of benzene rings is 1. The van der Waals surface area contributed by atoms with Crippen molar-refractivity contribution in [2.75, 3.05) is 0 Å². The summed E-state index contributed by atoms with van der Waals surface area (Å²) in [6.07, 6.45) is 0.641. The van der Waals surface area contributed by atoms with E-state index in [4.69, 9.17) is 0 Å². The van der Waals surface area contributed by atoms with Crippen LogP contribution in [0.2, 0.25) is 0 Å². The molecule has 0 amide bonds. The highest BCUT2D eigenvalue weighted by Gasteiger charge is 2.32. The Morgan fingerprint density at radius 3 is 2.65 bits per heavy atom. The summed E-state index contributed by atoms with van der Waals surface area (Å²) in [6, 6.07) is 5.42. The summed E-state index contributed by atoms with van der Waals surface area (Å²) < 4.78 is 26.1. The maximum atomic E-state index is 11.9.